The van der Waals surface area contributed by atoms with Crippen molar-refractivity contribution in [2.45, 2.75) is 51.1 Å². The van der Waals surface area contributed by atoms with E-state index in [0.29, 0.717) is 29.7 Å². The summed E-state index contributed by atoms with van der Waals surface area (Å²) in [4.78, 5) is 27.2. The Kier molecular flexibility index (Phi) is 5.24. The van der Waals surface area contributed by atoms with Gasteiger partial charge < -0.3 is 24.4 Å². The van der Waals surface area contributed by atoms with Crippen molar-refractivity contribution < 1.29 is 34.0 Å². The molecule has 7 rings (SSSR count). The maximum absolute atomic E-state index is 14.1. The molecule has 2 N–H and O–H groups in total. The number of allylic oxidation sites excluding steroid dienone is 1. The lowest BCUT2D eigenvalue weighted by molar-refractivity contribution is -0.436. The van der Waals surface area contributed by atoms with Crippen LogP contribution in [0.25, 0.3) is 6.08 Å². The van der Waals surface area contributed by atoms with Gasteiger partial charge in [-0.25, -0.2) is 4.79 Å². The number of aliphatic hydroxyl groups excluding tert-OH is 1. The van der Waals surface area contributed by atoms with Crippen molar-refractivity contribution in [3.63, 3.8) is 0 Å². The molecule has 2 heterocycles. The van der Waals surface area contributed by atoms with Gasteiger partial charge in [0.2, 0.25) is 5.79 Å². The molecule has 1 aromatic carbocycles. The Morgan fingerprint density at radius 3 is 2.76 bits per heavy atom. The first kappa shape index (κ1) is 24.6. The summed E-state index contributed by atoms with van der Waals surface area (Å²) in [6, 6.07) is 7.28. The van der Waals surface area contributed by atoms with Crippen molar-refractivity contribution in [3.8, 4) is 5.75 Å². The third-order valence-electron chi connectivity index (χ3n) is 10.0. The summed E-state index contributed by atoms with van der Waals surface area (Å²) < 4.78 is 17.5. The SMILES string of the molecule is C=C1C(=O)[C@]23[C@H](OC(=O)/C=C/c4ccccc4OC)[C@H]1CC[C@H]2[C@]12C=CCC(C)(C)[C@H]1[C@H](O)[C@]3(O)OC2. The first-order chi connectivity index (χ1) is 17.5. The van der Waals surface area contributed by atoms with E-state index in [1.165, 1.54) is 6.08 Å². The predicted octanol–water partition coefficient (Wildman–Crippen LogP) is 3.45. The maximum Gasteiger partial charge on any atom is 0.331 e. The zero-order valence-electron chi connectivity index (χ0n) is 21.5. The molecule has 4 bridgehead atoms. The van der Waals surface area contributed by atoms with Gasteiger partial charge in [-0.2, -0.15) is 0 Å². The molecular weight excluding hydrogens is 472 g/mol. The second kappa shape index (κ2) is 7.88. The number of ether oxygens (including phenoxy) is 3. The first-order valence-corrected chi connectivity index (χ1v) is 13.0. The fraction of sp³-hybridized carbons (Fsp3) is 0.533. The number of hydrogen-bond donors (Lipinski definition) is 2. The molecule has 6 aliphatic rings. The van der Waals surface area contributed by atoms with Crippen LogP contribution in [-0.2, 0) is 19.1 Å². The number of benzene rings is 1. The molecule has 2 aliphatic heterocycles. The second-order valence-electron chi connectivity index (χ2n) is 12.0. The zero-order chi connectivity index (χ0) is 26.4. The topological polar surface area (TPSA) is 102 Å². The minimum Gasteiger partial charge on any atom is -0.496 e. The van der Waals surface area contributed by atoms with Gasteiger partial charge in [0.1, 0.15) is 23.4 Å². The van der Waals surface area contributed by atoms with Crippen LogP contribution in [0.1, 0.15) is 38.7 Å². The van der Waals surface area contributed by atoms with Gasteiger partial charge in [0.25, 0.3) is 0 Å². The summed E-state index contributed by atoms with van der Waals surface area (Å²) in [7, 11) is 1.55. The molecule has 5 fully saturated rings. The molecule has 37 heavy (non-hydrogen) atoms. The molecule has 196 valence electrons. The van der Waals surface area contributed by atoms with Crippen molar-refractivity contribution in [3.05, 3.63) is 60.2 Å². The summed E-state index contributed by atoms with van der Waals surface area (Å²) in [5.41, 5.74) is -1.55. The number of hydrogen-bond acceptors (Lipinski definition) is 7. The maximum atomic E-state index is 14.1. The molecule has 1 aromatic rings. The molecule has 0 unspecified atom stereocenters. The van der Waals surface area contributed by atoms with Gasteiger partial charge >= 0.3 is 5.97 Å². The molecular formula is C30H34O7. The van der Waals surface area contributed by atoms with E-state index >= 15 is 0 Å². The summed E-state index contributed by atoms with van der Waals surface area (Å²) in [6.45, 7) is 8.45. The van der Waals surface area contributed by atoms with E-state index in [1.54, 1.807) is 19.3 Å². The van der Waals surface area contributed by atoms with Gasteiger partial charge in [-0.1, -0.05) is 50.8 Å². The minimum absolute atomic E-state index is 0.205. The molecule has 4 aliphatic carbocycles. The number of methoxy groups -OCH3 is 1. The quantitative estimate of drug-likeness (QED) is 0.366. The molecule has 7 heteroatoms. The van der Waals surface area contributed by atoms with Gasteiger partial charge in [0.15, 0.2) is 5.78 Å². The number of ketones is 1. The predicted molar refractivity (Wildman–Crippen MR) is 135 cm³/mol. The number of fused-ring (bicyclic) bond motifs is 2. The molecule has 0 amide bonds. The standard InChI is InChI=1S/C30H34O7/c1-17-19-11-12-21-28-15-7-14-27(2,3)23(28)25(33)30(34,36-16-28)29(21,24(17)32)26(19)37-22(31)13-10-18-8-5-6-9-20(18)35-4/h5-10,13,15,19,21,23,25-26,33-34H,1,11-12,14,16H2,2-4H3/b13-10+/t19-,21-,23+,25-,26+,28+,29-,30-/m0/s1. The molecule has 0 aromatic heterocycles. The largest absolute Gasteiger partial charge is 0.496 e. The van der Waals surface area contributed by atoms with E-state index < -0.39 is 40.7 Å². The fourth-order valence-corrected chi connectivity index (χ4v) is 8.67. The number of esters is 1. The van der Waals surface area contributed by atoms with E-state index in [1.807, 2.05) is 18.2 Å². The highest BCUT2D eigenvalue weighted by molar-refractivity contribution is 6.05. The van der Waals surface area contributed by atoms with Crippen LogP contribution in [0.5, 0.6) is 5.75 Å². The summed E-state index contributed by atoms with van der Waals surface area (Å²) in [5.74, 6) is -3.68. The van der Waals surface area contributed by atoms with Crippen LogP contribution < -0.4 is 4.74 Å². The molecule has 2 saturated heterocycles. The Morgan fingerprint density at radius 2 is 2.00 bits per heavy atom. The number of carbonyl (C=O) groups is 2. The molecule has 3 saturated carbocycles. The number of carbonyl (C=O) groups excluding carboxylic acids is 2. The molecule has 7 nitrogen and oxygen atoms in total. The lowest BCUT2D eigenvalue weighted by Gasteiger charge is -2.72. The van der Waals surface area contributed by atoms with Crippen LogP contribution in [-0.4, -0.2) is 53.7 Å². The Balaban J connectivity index is 1.43. The van der Waals surface area contributed by atoms with Gasteiger partial charge in [-0.3, -0.25) is 4.79 Å². The Labute approximate surface area is 216 Å². The number of rotatable bonds is 4. The lowest BCUT2D eigenvalue weighted by Crippen LogP contribution is -2.83. The second-order valence-corrected chi connectivity index (χ2v) is 12.0. The monoisotopic (exact) mass is 506 g/mol. The summed E-state index contributed by atoms with van der Waals surface area (Å²) in [6.07, 6.45) is 6.80. The van der Waals surface area contributed by atoms with Gasteiger partial charge in [-0.05, 0) is 48.3 Å². The summed E-state index contributed by atoms with van der Waals surface area (Å²) >= 11 is 0. The Morgan fingerprint density at radius 1 is 1.24 bits per heavy atom. The zero-order valence-corrected chi connectivity index (χ0v) is 21.5. The Hall–Kier alpha value is -2.74. The van der Waals surface area contributed by atoms with Gasteiger partial charge in [0.05, 0.1) is 13.7 Å². The Bertz CT molecular complexity index is 1250. The van der Waals surface area contributed by atoms with E-state index in [9.17, 15) is 19.8 Å². The third-order valence-corrected chi connectivity index (χ3v) is 10.0. The van der Waals surface area contributed by atoms with Crippen molar-refractivity contribution in [1.82, 2.24) is 0 Å². The molecule has 2 spiro atoms. The van der Waals surface area contributed by atoms with Crippen LogP contribution in [0.15, 0.2) is 54.6 Å². The van der Waals surface area contributed by atoms with Crippen molar-refractivity contribution >= 4 is 17.8 Å². The average Bonchev–Trinajstić information content (AvgIpc) is 2.98. The molecule has 0 radical (unpaired) electrons. The average molecular weight is 507 g/mol. The number of aliphatic hydroxyl groups is 2. The third kappa shape index (κ3) is 2.88. The van der Waals surface area contributed by atoms with E-state index in [2.05, 4.69) is 32.6 Å². The van der Waals surface area contributed by atoms with Crippen LogP contribution >= 0.6 is 0 Å². The van der Waals surface area contributed by atoms with Crippen LogP contribution in [0.2, 0.25) is 0 Å². The number of para-hydroxylation sites is 1. The smallest absolute Gasteiger partial charge is 0.331 e. The van der Waals surface area contributed by atoms with Crippen LogP contribution in [0.3, 0.4) is 0 Å². The van der Waals surface area contributed by atoms with E-state index in [0.717, 1.165) is 6.42 Å². The van der Waals surface area contributed by atoms with E-state index in [-0.39, 0.29) is 29.6 Å². The highest BCUT2D eigenvalue weighted by atomic mass is 16.6. The normalized spacial score (nSPS) is 43.0. The van der Waals surface area contributed by atoms with Crippen LogP contribution in [0, 0.1) is 34.0 Å². The molecule has 8 atom stereocenters. The van der Waals surface area contributed by atoms with Crippen LogP contribution in [0.4, 0.5) is 0 Å². The number of Topliss-reactive ketones (excluding diaryl/α,β-unsaturated/α-hetero) is 1. The van der Waals surface area contributed by atoms with Crippen molar-refractivity contribution in [1.29, 1.82) is 0 Å². The highest BCUT2D eigenvalue weighted by Crippen LogP contribution is 2.75. The lowest BCUT2D eigenvalue weighted by atomic mass is 9.37. The summed E-state index contributed by atoms with van der Waals surface area (Å²) in [5, 5.41) is 23.9. The van der Waals surface area contributed by atoms with Gasteiger partial charge in [-0.15, -0.1) is 0 Å². The minimum atomic E-state index is -2.18. The van der Waals surface area contributed by atoms with Crippen molar-refractivity contribution in [2.75, 3.05) is 13.7 Å². The van der Waals surface area contributed by atoms with Crippen molar-refractivity contribution in [2.24, 2.45) is 34.0 Å². The fourth-order valence-electron chi connectivity index (χ4n) is 8.67. The van der Waals surface area contributed by atoms with Gasteiger partial charge in [0, 0.05) is 28.9 Å². The highest BCUT2D eigenvalue weighted by Gasteiger charge is 2.86. The van der Waals surface area contributed by atoms with E-state index in [4.69, 9.17) is 14.2 Å². The first-order valence-electron chi connectivity index (χ1n) is 13.0.